The fraction of sp³-hybridized carbons (Fsp3) is 0.350. The van der Waals surface area contributed by atoms with E-state index in [1.54, 1.807) is 23.1 Å². The Labute approximate surface area is 152 Å². The number of hydrogen-bond acceptors (Lipinski definition) is 4. The molecule has 25 heavy (non-hydrogen) atoms. The number of para-hydroxylation sites is 1. The highest BCUT2D eigenvalue weighted by molar-refractivity contribution is 5.86. The molecule has 5 nitrogen and oxygen atoms in total. The fourth-order valence-electron chi connectivity index (χ4n) is 4.11. The highest BCUT2D eigenvalue weighted by Crippen LogP contribution is 2.51. The number of anilines is 2. The van der Waals surface area contributed by atoms with E-state index in [1.165, 1.54) is 0 Å². The molecule has 130 valence electrons. The van der Waals surface area contributed by atoms with Crippen LogP contribution in [0.25, 0.3) is 0 Å². The molecular weight excluding hydrogens is 314 g/mol. The Bertz CT molecular complexity index is 903. The first kappa shape index (κ1) is 12.8. The van der Waals surface area contributed by atoms with Gasteiger partial charge in [-0.05, 0) is 49.3 Å². The van der Waals surface area contributed by atoms with E-state index in [4.69, 9.17) is 8.85 Å². The van der Waals surface area contributed by atoms with Crippen molar-refractivity contribution in [3.05, 3.63) is 54.1 Å². The Morgan fingerprint density at radius 2 is 2.12 bits per heavy atom. The largest absolute Gasteiger partial charge is 0.417 e. The number of nitrogens with zero attached hydrogens (tertiary/aromatic N) is 2. The fourth-order valence-corrected chi connectivity index (χ4v) is 4.11. The van der Waals surface area contributed by atoms with Gasteiger partial charge in [0.2, 0.25) is 0 Å². The van der Waals surface area contributed by atoms with E-state index in [-0.39, 0.29) is 11.6 Å². The molecule has 2 aliphatic heterocycles. The second-order valence-electron chi connectivity index (χ2n) is 6.90. The van der Waals surface area contributed by atoms with Gasteiger partial charge in [0.15, 0.2) is 0 Å². The first-order valence-corrected chi connectivity index (χ1v) is 8.38. The molecule has 1 amide bonds. The standard InChI is InChI=1S/C20H23N3O2/c1-20-11-12-22(2)18(20)23(3)17-10-9-15(13-16(17)20)25-19(24)21-14-7-5-4-6-8-14/h4-10,13,18H,11-12H2,1-3H3,(H,21,24)/t18-,20+/m0/s1/i2D3. The average Bonchev–Trinajstić information content (AvgIpc) is 3.09. The Morgan fingerprint density at radius 3 is 2.88 bits per heavy atom. The molecule has 0 aromatic heterocycles. The maximum Gasteiger partial charge on any atom is 0.417 e. The molecule has 0 saturated carbocycles. The zero-order chi connectivity index (χ0) is 20.1. The topological polar surface area (TPSA) is 44.8 Å². The molecule has 0 radical (unpaired) electrons. The lowest BCUT2D eigenvalue weighted by molar-refractivity contribution is 0.215. The van der Waals surface area contributed by atoms with Crippen LogP contribution in [0.5, 0.6) is 5.75 Å². The maximum atomic E-state index is 12.2. The number of amides is 1. The number of carbonyl (C=O) groups excluding carboxylic acids is 1. The van der Waals surface area contributed by atoms with Gasteiger partial charge in [-0.25, -0.2) is 4.79 Å². The molecule has 2 aliphatic rings. The summed E-state index contributed by atoms with van der Waals surface area (Å²) in [5.74, 6) is 0.440. The molecule has 2 aromatic rings. The number of rotatable bonds is 2. The van der Waals surface area contributed by atoms with Crippen LogP contribution in [0.1, 0.15) is 23.0 Å². The zero-order valence-electron chi connectivity index (χ0n) is 17.3. The molecule has 1 N–H and O–H groups in total. The van der Waals surface area contributed by atoms with Crippen molar-refractivity contribution >= 4 is 17.5 Å². The van der Waals surface area contributed by atoms with Crippen LogP contribution in [-0.4, -0.2) is 37.7 Å². The van der Waals surface area contributed by atoms with Crippen molar-refractivity contribution in [3.63, 3.8) is 0 Å². The average molecular weight is 340 g/mol. The van der Waals surface area contributed by atoms with Gasteiger partial charge in [0, 0.05) is 34.5 Å². The third-order valence-corrected chi connectivity index (χ3v) is 5.30. The van der Waals surface area contributed by atoms with Crippen molar-refractivity contribution in [3.8, 4) is 5.75 Å². The first-order valence-electron chi connectivity index (χ1n) is 9.88. The van der Waals surface area contributed by atoms with E-state index >= 15 is 0 Å². The number of nitrogens with one attached hydrogen (secondary N) is 1. The van der Waals surface area contributed by atoms with Crippen molar-refractivity contribution in [2.45, 2.75) is 24.9 Å². The van der Waals surface area contributed by atoms with Gasteiger partial charge >= 0.3 is 6.09 Å². The Balaban J connectivity index is 1.58. The number of benzene rings is 2. The Kier molecular flexibility index (Phi) is 2.95. The van der Waals surface area contributed by atoms with E-state index in [1.807, 2.05) is 42.3 Å². The minimum absolute atomic E-state index is 0.247. The molecule has 0 spiro atoms. The SMILES string of the molecule is [2H]C([2H])([2H])N1CC[C@]2(C)c3cc(OC(=O)Nc4ccccc4)ccc3N(C)[C@H]12. The van der Waals surface area contributed by atoms with Crippen LogP contribution in [0.4, 0.5) is 16.2 Å². The summed E-state index contributed by atoms with van der Waals surface area (Å²) in [5, 5.41) is 2.70. The molecule has 0 aliphatic carbocycles. The third-order valence-electron chi connectivity index (χ3n) is 5.30. The number of hydrogen-bond donors (Lipinski definition) is 1. The van der Waals surface area contributed by atoms with E-state index in [2.05, 4.69) is 12.2 Å². The van der Waals surface area contributed by atoms with Gasteiger partial charge < -0.3 is 9.64 Å². The van der Waals surface area contributed by atoms with Gasteiger partial charge in [-0.1, -0.05) is 25.1 Å². The number of likely N-dealkylation sites (N-methyl/N-ethyl adjacent to an activating group) is 2. The summed E-state index contributed by atoms with van der Waals surface area (Å²) in [6, 6.07) is 14.6. The number of fused-ring (bicyclic) bond motifs is 3. The van der Waals surface area contributed by atoms with Gasteiger partial charge in [-0.3, -0.25) is 10.2 Å². The Morgan fingerprint density at radius 1 is 1.32 bits per heavy atom. The van der Waals surface area contributed by atoms with Gasteiger partial charge in [0.25, 0.3) is 0 Å². The van der Waals surface area contributed by atoms with Crippen LogP contribution >= 0.6 is 0 Å². The van der Waals surface area contributed by atoms with Gasteiger partial charge in [0.1, 0.15) is 5.75 Å². The maximum absolute atomic E-state index is 12.2. The van der Waals surface area contributed by atoms with Gasteiger partial charge in [-0.15, -0.1) is 0 Å². The van der Waals surface area contributed by atoms with Crippen LogP contribution in [0.15, 0.2) is 48.5 Å². The summed E-state index contributed by atoms with van der Waals surface area (Å²) in [6.45, 7) is 0.439. The molecule has 1 fully saturated rings. The quantitative estimate of drug-likeness (QED) is 0.906. The molecule has 1 saturated heterocycles. The highest BCUT2D eigenvalue weighted by Gasteiger charge is 2.52. The lowest BCUT2D eigenvalue weighted by atomic mass is 9.81. The van der Waals surface area contributed by atoms with E-state index in [0.29, 0.717) is 18.0 Å². The highest BCUT2D eigenvalue weighted by atomic mass is 16.6. The molecular formula is C20H23N3O2. The summed E-state index contributed by atoms with van der Waals surface area (Å²) >= 11 is 0. The lowest BCUT2D eigenvalue weighted by Gasteiger charge is -2.32. The first-order chi connectivity index (χ1) is 13.2. The second-order valence-corrected chi connectivity index (χ2v) is 6.90. The van der Waals surface area contributed by atoms with E-state index in [0.717, 1.165) is 17.7 Å². The van der Waals surface area contributed by atoms with Crippen molar-refractivity contribution in [2.24, 2.45) is 0 Å². The third kappa shape index (κ3) is 2.55. The van der Waals surface area contributed by atoms with Crippen molar-refractivity contribution in [1.82, 2.24) is 4.90 Å². The summed E-state index contributed by atoms with van der Waals surface area (Å²) in [7, 11) is 1.92. The van der Waals surface area contributed by atoms with E-state index in [9.17, 15) is 4.79 Å². The molecule has 2 atom stereocenters. The number of likely N-dealkylation sites (tertiary alicyclic amines) is 1. The lowest BCUT2D eigenvalue weighted by Crippen LogP contribution is -2.45. The molecule has 2 aromatic carbocycles. The number of carbonyl (C=O) groups is 1. The molecule has 0 bridgehead atoms. The summed E-state index contributed by atoms with van der Waals surface area (Å²) in [5.41, 5.74) is 2.30. The smallest absolute Gasteiger partial charge is 0.410 e. The van der Waals surface area contributed by atoms with Crippen molar-refractivity contribution in [1.29, 1.82) is 0 Å². The number of ether oxygens (including phenoxy) is 1. The van der Waals surface area contributed by atoms with Crippen molar-refractivity contribution < 1.29 is 13.6 Å². The van der Waals surface area contributed by atoms with Gasteiger partial charge in [-0.2, -0.15) is 0 Å². The van der Waals surface area contributed by atoms with Crippen LogP contribution in [0.2, 0.25) is 0 Å². The minimum Gasteiger partial charge on any atom is -0.410 e. The zero-order valence-corrected chi connectivity index (χ0v) is 14.3. The summed E-state index contributed by atoms with van der Waals surface area (Å²) in [6.07, 6.45) is -0.0780. The predicted octanol–water partition coefficient (Wildman–Crippen LogP) is 3.67. The normalized spacial score (nSPS) is 27.0. The molecule has 5 heteroatoms. The minimum atomic E-state index is -2.15. The van der Waals surface area contributed by atoms with E-state index < -0.39 is 13.1 Å². The van der Waals surface area contributed by atoms with Crippen LogP contribution in [0, 0.1) is 0 Å². The Hall–Kier alpha value is -2.53. The predicted molar refractivity (Wildman–Crippen MR) is 99.3 cm³/mol. The van der Waals surface area contributed by atoms with Crippen LogP contribution < -0.4 is 15.0 Å². The molecule has 0 unspecified atom stereocenters. The molecule has 2 heterocycles. The van der Waals surface area contributed by atoms with Crippen LogP contribution in [-0.2, 0) is 5.41 Å². The second kappa shape index (κ2) is 5.77. The van der Waals surface area contributed by atoms with Crippen molar-refractivity contribution in [2.75, 3.05) is 30.8 Å². The summed E-state index contributed by atoms with van der Waals surface area (Å²) < 4.78 is 29.1. The summed E-state index contributed by atoms with van der Waals surface area (Å²) in [4.78, 5) is 15.8. The monoisotopic (exact) mass is 340 g/mol. The molecule has 4 rings (SSSR count). The van der Waals surface area contributed by atoms with Gasteiger partial charge in [0.05, 0.1) is 6.17 Å². The van der Waals surface area contributed by atoms with Crippen LogP contribution in [0.3, 0.4) is 0 Å².